The van der Waals surface area contributed by atoms with Gasteiger partial charge < -0.3 is 41.9 Å². The molecule has 2 heterocycles. The summed E-state index contributed by atoms with van der Waals surface area (Å²) in [6, 6.07) is 42.5. The highest BCUT2D eigenvalue weighted by Gasteiger charge is 2.20. The number of anilines is 5. The van der Waals surface area contributed by atoms with Crippen LogP contribution in [0, 0.1) is 27.7 Å². The number of aromatic nitrogens is 4. The number of aliphatic imine (C=N–C) groups is 1. The van der Waals surface area contributed by atoms with Crippen molar-refractivity contribution in [1.82, 2.24) is 19.6 Å². The van der Waals surface area contributed by atoms with Crippen LogP contribution in [0.4, 0.5) is 34.1 Å². The van der Waals surface area contributed by atoms with Gasteiger partial charge in [0, 0.05) is 16.1 Å². The Balaban J connectivity index is 0.000000318. The Hall–Kier alpha value is -8.05. The molecule has 0 unspecified atom stereocenters. The Bertz CT molecular complexity index is 3170. The van der Waals surface area contributed by atoms with E-state index < -0.39 is 15.0 Å². The van der Waals surface area contributed by atoms with Crippen molar-refractivity contribution in [3.8, 4) is 34.3 Å². The number of hydrogen-bond acceptors (Lipinski definition) is 16. The van der Waals surface area contributed by atoms with Crippen molar-refractivity contribution in [3.63, 3.8) is 0 Å². The summed E-state index contributed by atoms with van der Waals surface area (Å²) < 4.78 is 44.8. The molecule has 0 spiro atoms. The highest BCUT2D eigenvalue weighted by atomic mass is 32.2. The smallest absolute Gasteiger partial charge is 0.240 e. The van der Waals surface area contributed by atoms with E-state index in [0.717, 1.165) is 28.6 Å². The van der Waals surface area contributed by atoms with Gasteiger partial charge >= 0.3 is 0 Å². The maximum Gasteiger partial charge on any atom is 0.240 e. The highest BCUT2D eigenvalue weighted by Crippen LogP contribution is 2.39. The molecular weight excluding hydrogens is 911 g/mol. The molecule has 19 nitrogen and oxygen atoms in total. The molecule has 2 aromatic heterocycles. The van der Waals surface area contributed by atoms with Gasteiger partial charge in [-0.2, -0.15) is 23.9 Å². The molecule has 0 aliphatic carbocycles. The molecule has 0 amide bonds. The summed E-state index contributed by atoms with van der Waals surface area (Å²) in [5, 5.41) is 47.7. The second kappa shape index (κ2) is 21.5. The zero-order valence-electron chi connectivity index (χ0n) is 36.8. The molecule has 0 radical (unpaired) electrons. The minimum absolute atomic E-state index is 0.00982. The van der Waals surface area contributed by atoms with E-state index in [1.165, 1.54) is 33.6 Å². The van der Waals surface area contributed by atoms with E-state index >= 15 is 0 Å². The van der Waals surface area contributed by atoms with Crippen molar-refractivity contribution >= 4 is 62.2 Å². The Morgan fingerprint density at radius 1 is 0.662 bits per heavy atom. The number of rotatable bonds is 15. The highest BCUT2D eigenvalue weighted by molar-refractivity contribution is 7.94. The number of nitrogens with one attached hydrogen (secondary N) is 5. The van der Waals surface area contributed by atoms with Crippen molar-refractivity contribution in [3.05, 3.63) is 168 Å². The molecule has 21 heteroatoms. The van der Waals surface area contributed by atoms with Gasteiger partial charge in [-0.05, 0) is 105 Å². The molecule has 350 valence electrons. The maximum absolute atomic E-state index is 12.5. The second-order valence-electron chi connectivity index (χ2n) is 14.9. The lowest BCUT2D eigenvalue weighted by Gasteiger charge is -2.19. The van der Waals surface area contributed by atoms with Gasteiger partial charge in [0.15, 0.2) is 5.96 Å². The van der Waals surface area contributed by atoms with Gasteiger partial charge in [0.05, 0.1) is 56.8 Å². The summed E-state index contributed by atoms with van der Waals surface area (Å²) in [5.41, 5.74) is 25.0. The minimum atomic E-state index is -5.05. The fourth-order valence-electron chi connectivity index (χ4n) is 6.76. The van der Waals surface area contributed by atoms with Crippen LogP contribution in [0.15, 0.2) is 160 Å². The fraction of sp³-hybridized carbons (Fsp3) is 0.0851. The quantitative estimate of drug-likeness (QED) is 0.0120. The van der Waals surface area contributed by atoms with Gasteiger partial charge in [0.2, 0.25) is 11.8 Å². The number of benzene rings is 6. The molecule has 8 aromatic rings. The van der Waals surface area contributed by atoms with E-state index in [2.05, 4.69) is 51.6 Å². The number of nitrogens with two attached hydrogens (primary N) is 1. The lowest BCUT2D eigenvalue weighted by atomic mass is 10.0. The summed E-state index contributed by atoms with van der Waals surface area (Å²) in [6.45, 7) is 7.42. The van der Waals surface area contributed by atoms with Crippen molar-refractivity contribution < 1.29 is 37.8 Å². The first kappa shape index (κ1) is 47.9. The standard InChI is InChI=1S/C32H30N8O8S2.C15H17N3/c1-19-29(31(41)39(37-19)23-9-5-3-6-10-23)35-33-21-13-15-25(27(17-21)49-48-47-43)26-16-14-22(18-28(26)50(44,45)46)34-36-30-20(2)38-40(32(30)42)24-11-7-4-8-12-24;1-11-7-3-5-9-13(11)17-15(16)18-14-10-6-4-8-12(14)2/h3-18,33-36,41-43H,1-2H3,(H,44,45,46);3-10H,1-2H3,(H3,16,17,18)/p-2. The molecule has 68 heavy (non-hydrogen) atoms. The average Bonchev–Trinajstić information content (AvgIpc) is 3.79. The van der Waals surface area contributed by atoms with E-state index in [1.54, 1.807) is 56.3 Å². The predicted octanol–water partition coefficient (Wildman–Crippen LogP) is 8.13. The van der Waals surface area contributed by atoms with Crippen LogP contribution in [-0.4, -0.2) is 48.7 Å². The summed E-state index contributed by atoms with van der Waals surface area (Å²) in [5.74, 6) is 0.0494. The third kappa shape index (κ3) is 11.5. The zero-order chi connectivity index (χ0) is 48.4. The topological polar surface area (TPSA) is 273 Å². The Kier molecular flexibility index (Phi) is 15.1. The molecule has 9 N–H and O–H groups in total. The average molecular weight is 956 g/mol. The van der Waals surface area contributed by atoms with Gasteiger partial charge in [-0.3, -0.25) is 15.9 Å². The van der Waals surface area contributed by atoms with Crippen LogP contribution in [0.2, 0.25) is 0 Å². The van der Waals surface area contributed by atoms with Crippen LogP contribution >= 0.6 is 12.0 Å². The summed E-state index contributed by atoms with van der Waals surface area (Å²) >= 11 is 0.490. The molecule has 0 bridgehead atoms. The number of aryl methyl sites for hydroxylation is 4. The lowest BCUT2D eigenvalue weighted by Crippen LogP contribution is -2.22. The van der Waals surface area contributed by atoms with Gasteiger partial charge in [-0.25, -0.2) is 13.4 Å². The molecule has 8 rings (SSSR count). The van der Waals surface area contributed by atoms with Crippen molar-refractivity contribution in [2.24, 2.45) is 10.7 Å². The third-order valence-corrected chi connectivity index (χ3v) is 11.7. The summed E-state index contributed by atoms with van der Waals surface area (Å²) in [6.07, 6.45) is 0. The van der Waals surface area contributed by atoms with E-state index in [0.29, 0.717) is 52.1 Å². The van der Waals surface area contributed by atoms with Crippen LogP contribution in [0.25, 0.3) is 22.5 Å². The van der Waals surface area contributed by atoms with E-state index in [-0.39, 0.29) is 39.2 Å². The van der Waals surface area contributed by atoms with E-state index in [9.17, 15) is 28.4 Å². The van der Waals surface area contributed by atoms with Crippen molar-refractivity contribution in [2.75, 3.05) is 27.0 Å². The molecule has 6 aromatic carbocycles. The maximum atomic E-state index is 12.5. The van der Waals surface area contributed by atoms with Crippen LogP contribution < -0.4 is 38.0 Å². The minimum Gasteiger partial charge on any atom is -0.744 e. The van der Waals surface area contributed by atoms with E-state index in [4.69, 9.17) is 5.73 Å². The lowest BCUT2D eigenvalue weighted by molar-refractivity contribution is -0.777. The molecular formula is C47H45N11O8S2-2. The number of para-hydroxylation sites is 4. The Labute approximate surface area is 395 Å². The monoisotopic (exact) mass is 955 g/mol. The van der Waals surface area contributed by atoms with Crippen LogP contribution in [0.1, 0.15) is 22.5 Å². The zero-order valence-corrected chi connectivity index (χ0v) is 38.5. The first-order chi connectivity index (χ1) is 32.7. The molecule has 0 saturated carbocycles. The first-order valence-corrected chi connectivity index (χ1v) is 22.7. The van der Waals surface area contributed by atoms with Gasteiger partial charge in [0.25, 0.3) is 0 Å². The third-order valence-electron chi connectivity index (χ3n) is 10.2. The second-order valence-corrected chi connectivity index (χ2v) is 17.0. The SMILES string of the molecule is Cc1ccccc1N=C(N)Nc1ccccc1C.Cc1nn(-c2ccccc2)c(O)c1NNc1ccc(-c2ccc(NNc3c(C)nn(-c4ccccc4)c3O)cc2S(=O)(=O)[O-])c(SOO[O-])c1. The number of hydrazine groups is 2. The number of guanidine groups is 1. The predicted molar refractivity (Wildman–Crippen MR) is 260 cm³/mol. The fourth-order valence-corrected chi connectivity index (χ4v) is 8.02. The van der Waals surface area contributed by atoms with Crippen LogP contribution in [0.5, 0.6) is 11.8 Å². The number of nitrogens with zero attached hydrogens (tertiary/aromatic N) is 5. The van der Waals surface area contributed by atoms with Gasteiger partial charge in [-0.1, -0.05) is 84.9 Å². The largest absolute Gasteiger partial charge is 0.744 e. The first-order valence-electron chi connectivity index (χ1n) is 20.5. The summed E-state index contributed by atoms with van der Waals surface area (Å²) in [4.78, 5) is 4.00. The summed E-state index contributed by atoms with van der Waals surface area (Å²) in [7, 11) is -5.05. The molecule has 0 saturated heterocycles. The van der Waals surface area contributed by atoms with Crippen LogP contribution in [-0.2, 0) is 19.5 Å². The Morgan fingerprint density at radius 2 is 1.16 bits per heavy atom. The molecule has 0 aliphatic heterocycles. The van der Waals surface area contributed by atoms with Gasteiger partial charge in [0.1, 0.15) is 21.5 Å². The van der Waals surface area contributed by atoms with Crippen molar-refractivity contribution in [1.29, 1.82) is 0 Å². The van der Waals surface area contributed by atoms with E-state index in [1.807, 2.05) is 86.6 Å². The molecule has 0 aliphatic rings. The van der Waals surface area contributed by atoms with Gasteiger partial charge in [-0.15, -0.1) is 0 Å². The molecule has 0 atom stereocenters. The Morgan fingerprint density at radius 3 is 1.69 bits per heavy atom. The number of hydrogen-bond donors (Lipinski definition) is 8. The molecule has 0 fully saturated rings. The van der Waals surface area contributed by atoms with Crippen molar-refractivity contribution in [2.45, 2.75) is 37.5 Å². The normalized spacial score (nSPS) is 11.4. The number of aromatic hydroxyl groups is 2. The van der Waals surface area contributed by atoms with Crippen LogP contribution in [0.3, 0.4) is 0 Å².